The zero-order chi connectivity index (χ0) is 17.7. The van der Waals surface area contributed by atoms with E-state index < -0.39 is 0 Å². The van der Waals surface area contributed by atoms with Gasteiger partial charge in [0.15, 0.2) is 0 Å². The molecule has 4 rings (SSSR count). The molecule has 1 saturated carbocycles. The monoisotopic (exact) mass is 358 g/mol. The third-order valence-electron chi connectivity index (χ3n) is 5.60. The van der Waals surface area contributed by atoms with Crippen LogP contribution in [-0.2, 0) is 14.4 Å². The number of fused-ring (bicyclic) bond motifs is 5. The highest BCUT2D eigenvalue weighted by molar-refractivity contribution is 6.31. The summed E-state index contributed by atoms with van der Waals surface area (Å²) in [5, 5.41) is 3.34. The lowest BCUT2D eigenvalue weighted by Gasteiger charge is -2.17. The van der Waals surface area contributed by atoms with Crippen LogP contribution < -0.4 is 5.32 Å². The fraction of sp³-hybridized carbons (Fsp3) is 0.421. The van der Waals surface area contributed by atoms with E-state index in [4.69, 9.17) is 11.6 Å². The lowest BCUT2D eigenvalue weighted by atomic mass is 9.85. The van der Waals surface area contributed by atoms with Gasteiger partial charge in [0.05, 0.1) is 11.8 Å². The van der Waals surface area contributed by atoms with Gasteiger partial charge in [-0.2, -0.15) is 0 Å². The predicted octanol–water partition coefficient (Wildman–Crippen LogP) is 2.78. The molecule has 2 aliphatic carbocycles. The molecule has 2 bridgehead atoms. The zero-order valence-electron chi connectivity index (χ0n) is 13.9. The number of hydrogen-bond acceptors (Lipinski definition) is 3. The summed E-state index contributed by atoms with van der Waals surface area (Å²) < 4.78 is 0. The Bertz CT molecular complexity index is 774. The molecule has 3 amide bonds. The molecule has 1 heterocycles. The summed E-state index contributed by atoms with van der Waals surface area (Å²) >= 11 is 5.95. The number of halogens is 1. The van der Waals surface area contributed by atoms with Gasteiger partial charge >= 0.3 is 0 Å². The van der Waals surface area contributed by atoms with Crippen molar-refractivity contribution < 1.29 is 14.4 Å². The van der Waals surface area contributed by atoms with Crippen molar-refractivity contribution in [1.29, 1.82) is 0 Å². The highest BCUT2D eigenvalue weighted by atomic mass is 35.5. The average Bonchev–Trinajstić information content (AvgIpc) is 3.24. The van der Waals surface area contributed by atoms with Crippen LogP contribution in [0, 0.1) is 30.6 Å². The molecule has 0 radical (unpaired) electrons. The summed E-state index contributed by atoms with van der Waals surface area (Å²) in [5.74, 6) is -0.485. The van der Waals surface area contributed by atoms with E-state index >= 15 is 0 Å². The van der Waals surface area contributed by atoms with Crippen LogP contribution in [0.25, 0.3) is 0 Å². The topological polar surface area (TPSA) is 66.5 Å². The molecule has 25 heavy (non-hydrogen) atoms. The summed E-state index contributed by atoms with van der Waals surface area (Å²) in [6.45, 7) is 2.01. The number of allylic oxidation sites excluding steroid dienone is 2. The van der Waals surface area contributed by atoms with Crippen molar-refractivity contribution in [2.45, 2.75) is 19.8 Å². The molecule has 1 aromatic carbocycles. The molecule has 130 valence electrons. The number of nitrogens with one attached hydrogen (secondary N) is 1. The van der Waals surface area contributed by atoms with Crippen molar-refractivity contribution in [3.63, 3.8) is 0 Å². The molecule has 3 aliphatic rings. The molecule has 1 N–H and O–H groups in total. The van der Waals surface area contributed by atoms with Gasteiger partial charge in [0, 0.05) is 23.7 Å². The SMILES string of the molecule is Cc1ccc(Cl)cc1NC(=O)CCN1C(=O)C2C3C=CC(C3)C2C1=O. The molecule has 1 aromatic rings. The second-order valence-electron chi connectivity index (χ2n) is 7.09. The lowest BCUT2D eigenvalue weighted by Crippen LogP contribution is -2.35. The van der Waals surface area contributed by atoms with Gasteiger partial charge in [-0.25, -0.2) is 0 Å². The van der Waals surface area contributed by atoms with Gasteiger partial charge in [0.25, 0.3) is 0 Å². The lowest BCUT2D eigenvalue weighted by molar-refractivity contribution is -0.140. The third-order valence-corrected chi connectivity index (χ3v) is 5.83. The maximum absolute atomic E-state index is 12.6. The van der Waals surface area contributed by atoms with Crippen LogP contribution in [0.2, 0.25) is 5.02 Å². The summed E-state index contributed by atoms with van der Waals surface area (Å²) in [6.07, 6.45) is 5.13. The van der Waals surface area contributed by atoms with Crippen molar-refractivity contribution in [2.75, 3.05) is 11.9 Å². The molecule has 1 saturated heterocycles. The highest BCUT2D eigenvalue weighted by Crippen LogP contribution is 2.52. The van der Waals surface area contributed by atoms with E-state index in [0.717, 1.165) is 12.0 Å². The Morgan fingerprint density at radius 1 is 1.20 bits per heavy atom. The van der Waals surface area contributed by atoms with E-state index in [2.05, 4.69) is 17.5 Å². The molecular weight excluding hydrogens is 340 g/mol. The van der Waals surface area contributed by atoms with Gasteiger partial charge in [-0.3, -0.25) is 19.3 Å². The molecule has 1 aliphatic heterocycles. The van der Waals surface area contributed by atoms with E-state index in [1.54, 1.807) is 12.1 Å². The number of anilines is 1. The van der Waals surface area contributed by atoms with Crippen LogP contribution in [-0.4, -0.2) is 29.2 Å². The first-order valence-corrected chi connectivity index (χ1v) is 8.93. The number of benzene rings is 1. The highest BCUT2D eigenvalue weighted by Gasteiger charge is 2.58. The van der Waals surface area contributed by atoms with Crippen LogP contribution >= 0.6 is 11.6 Å². The van der Waals surface area contributed by atoms with E-state index in [1.165, 1.54) is 4.90 Å². The first-order chi connectivity index (χ1) is 12.0. The molecule has 0 aromatic heterocycles. The quantitative estimate of drug-likeness (QED) is 0.664. The maximum Gasteiger partial charge on any atom is 0.233 e. The Morgan fingerprint density at radius 3 is 2.48 bits per heavy atom. The normalized spacial score (nSPS) is 29.4. The average molecular weight is 359 g/mol. The minimum atomic E-state index is -0.232. The Hall–Kier alpha value is -2.14. The summed E-state index contributed by atoms with van der Waals surface area (Å²) in [5.41, 5.74) is 1.55. The molecule has 0 spiro atoms. The van der Waals surface area contributed by atoms with E-state index in [0.29, 0.717) is 10.7 Å². The van der Waals surface area contributed by atoms with Crippen LogP contribution in [0.1, 0.15) is 18.4 Å². The fourth-order valence-electron chi connectivity index (χ4n) is 4.34. The minimum Gasteiger partial charge on any atom is -0.326 e. The molecule has 2 fully saturated rings. The number of carbonyl (C=O) groups is 3. The van der Waals surface area contributed by atoms with Gasteiger partial charge in [-0.05, 0) is 42.9 Å². The Balaban J connectivity index is 1.39. The second-order valence-corrected chi connectivity index (χ2v) is 7.52. The van der Waals surface area contributed by atoms with Crippen LogP contribution in [0.4, 0.5) is 5.69 Å². The number of imide groups is 1. The number of hydrogen-bond donors (Lipinski definition) is 1. The number of nitrogens with zero attached hydrogens (tertiary/aromatic N) is 1. The van der Waals surface area contributed by atoms with Gasteiger partial charge in [-0.1, -0.05) is 29.8 Å². The minimum absolute atomic E-state index is 0.0889. The van der Waals surface area contributed by atoms with Crippen LogP contribution in [0.3, 0.4) is 0 Å². The van der Waals surface area contributed by atoms with Crippen molar-refractivity contribution in [3.05, 3.63) is 40.9 Å². The number of likely N-dealkylation sites (tertiary alicyclic amines) is 1. The summed E-state index contributed by atoms with van der Waals surface area (Å²) in [6, 6.07) is 5.28. The molecule has 6 heteroatoms. The van der Waals surface area contributed by atoms with Crippen LogP contribution in [0.15, 0.2) is 30.4 Å². The standard InChI is InChI=1S/C19H19ClN2O3/c1-10-2-5-13(20)9-14(10)21-15(23)6-7-22-18(24)16-11-3-4-12(8-11)17(16)19(22)25/h2-5,9,11-12,16-17H,6-8H2,1H3,(H,21,23). The summed E-state index contributed by atoms with van der Waals surface area (Å²) in [4.78, 5) is 38.7. The number of rotatable bonds is 4. The van der Waals surface area contributed by atoms with Crippen LogP contribution in [0.5, 0.6) is 0 Å². The van der Waals surface area contributed by atoms with Gasteiger partial charge in [0.1, 0.15) is 0 Å². The van der Waals surface area contributed by atoms with Gasteiger partial charge in [0.2, 0.25) is 17.7 Å². The second kappa shape index (κ2) is 5.99. The smallest absolute Gasteiger partial charge is 0.233 e. The molecular formula is C19H19ClN2O3. The number of amides is 3. The largest absolute Gasteiger partial charge is 0.326 e. The number of aryl methyl sites for hydroxylation is 1. The van der Waals surface area contributed by atoms with E-state index in [-0.39, 0.29) is 54.4 Å². The Kier molecular flexibility index (Phi) is 3.91. The molecule has 4 atom stereocenters. The number of carbonyl (C=O) groups excluding carboxylic acids is 3. The van der Waals surface area contributed by atoms with E-state index in [9.17, 15) is 14.4 Å². The third kappa shape index (κ3) is 2.67. The fourth-order valence-corrected chi connectivity index (χ4v) is 4.51. The van der Waals surface area contributed by atoms with Crippen molar-refractivity contribution >= 4 is 35.0 Å². The zero-order valence-corrected chi connectivity index (χ0v) is 14.6. The van der Waals surface area contributed by atoms with Gasteiger partial charge < -0.3 is 5.32 Å². The molecule has 4 unspecified atom stereocenters. The maximum atomic E-state index is 12.6. The Labute approximate surface area is 151 Å². The summed E-state index contributed by atoms with van der Waals surface area (Å²) in [7, 11) is 0. The van der Waals surface area contributed by atoms with Crippen molar-refractivity contribution in [1.82, 2.24) is 4.90 Å². The first-order valence-electron chi connectivity index (χ1n) is 8.55. The van der Waals surface area contributed by atoms with Gasteiger partial charge in [-0.15, -0.1) is 0 Å². The first kappa shape index (κ1) is 16.3. The molecule has 5 nitrogen and oxygen atoms in total. The Morgan fingerprint density at radius 2 is 1.84 bits per heavy atom. The predicted molar refractivity (Wildman–Crippen MR) is 93.9 cm³/mol. The van der Waals surface area contributed by atoms with Crippen molar-refractivity contribution in [3.8, 4) is 0 Å². The van der Waals surface area contributed by atoms with Crippen molar-refractivity contribution in [2.24, 2.45) is 23.7 Å². The van der Waals surface area contributed by atoms with E-state index in [1.807, 2.05) is 13.0 Å².